The van der Waals surface area contributed by atoms with Gasteiger partial charge in [-0.15, -0.1) is 0 Å². The Bertz CT molecular complexity index is 241. The number of hydrogen-bond donors (Lipinski definition) is 6. The average molecular weight is 221 g/mol. The number of rotatable bonds is 5. The Kier molecular flexibility index (Phi) is 5.87. The van der Waals surface area contributed by atoms with Crippen LogP contribution in [0, 0.1) is 0 Å². The van der Waals surface area contributed by atoms with E-state index in [1.807, 2.05) is 0 Å². The highest BCUT2D eigenvalue weighted by Crippen LogP contribution is 2.07. The Balaban J connectivity index is 4.51. The van der Waals surface area contributed by atoms with E-state index in [2.05, 4.69) is 5.32 Å². The summed E-state index contributed by atoms with van der Waals surface area (Å²) in [5.74, 6) is -0.556. The molecule has 7 nitrogen and oxygen atoms in total. The number of amides is 1. The van der Waals surface area contributed by atoms with Crippen LogP contribution in [-0.4, -0.2) is 56.4 Å². The van der Waals surface area contributed by atoms with E-state index in [1.54, 1.807) is 0 Å². The minimum absolute atomic E-state index is 0.359. The second-order valence-electron chi connectivity index (χ2n) is 2.95. The fourth-order valence-electron chi connectivity index (χ4n) is 0.888. The molecule has 0 aliphatic heterocycles. The highest BCUT2D eigenvalue weighted by atomic mass is 16.4. The summed E-state index contributed by atoms with van der Waals surface area (Å²) < 4.78 is 0. The van der Waals surface area contributed by atoms with Crippen LogP contribution in [0.2, 0.25) is 0 Å². The summed E-state index contributed by atoms with van der Waals surface area (Å²) in [6, 6.07) is 0. The molecule has 3 atom stereocenters. The molecular formula is C8H15NO6. The van der Waals surface area contributed by atoms with Gasteiger partial charge in [0, 0.05) is 6.92 Å². The molecule has 0 aliphatic carbocycles. The maximum absolute atomic E-state index is 10.6. The van der Waals surface area contributed by atoms with E-state index in [9.17, 15) is 15.0 Å². The second-order valence-corrected chi connectivity index (χ2v) is 2.95. The lowest BCUT2D eigenvalue weighted by molar-refractivity contribution is -0.119. The van der Waals surface area contributed by atoms with Crippen LogP contribution in [0.15, 0.2) is 12.0 Å². The monoisotopic (exact) mass is 221 g/mol. The number of nitrogens with one attached hydrogen (secondary N) is 1. The zero-order valence-electron chi connectivity index (χ0n) is 8.16. The van der Waals surface area contributed by atoms with E-state index >= 15 is 0 Å². The molecule has 2 unspecified atom stereocenters. The largest absolute Gasteiger partial charge is 0.514 e. The van der Waals surface area contributed by atoms with Gasteiger partial charge in [0.2, 0.25) is 5.91 Å². The zero-order chi connectivity index (χ0) is 12.0. The van der Waals surface area contributed by atoms with Crippen molar-refractivity contribution in [2.45, 2.75) is 25.2 Å². The predicted octanol–water partition coefficient (Wildman–Crippen LogP) is -2.40. The number of hydrogen-bond acceptors (Lipinski definition) is 6. The van der Waals surface area contributed by atoms with Gasteiger partial charge in [-0.1, -0.05) is 0 Å². The third kappa shape index (κ3) is 4.26. The van der Waals surface area contributed by atoms with Crippen LogP contribution in [0.1, 0.15) is 6.92 Å². The molecule has 0 aromatic carbocycles. The molecule has 0 heterocycles. The van der Waals surface area contributed by atoms with Gasteiger partial charge in [-0.3, -0.25) is 4.79 Å². The average Bonchev–Trinajstić information content (AvgIpc) is 2.22. The molecule has 1 amide bonds. The smallest absolute Gasteiger partial charge is 0.221 e. The highest BCUT2D eigenvalue weighted by Gasteiger charge is 2.27. The van der Waals surface area contributed by atoms with Gasteiger partial charge in [0.1, 0.15) is 24.6 Å². The number of carbonyl (C=O) groups excluding carboxylic acids is 1. The minimum atomic E-state index is -1.71. The van der Waals surface area contributed by atoms with Crippen molar-refractivity contribution in [3.8, 4) is 0 Å². The molecule has 0 saturated heterocycles. The molecule has 7 heteroatoms. The van der Waals surface area contributed by atoms with Crippen molar-refractivity contribution in [3.63, 3.8) is 0 Å². The van der Waals surface area contributed by atoms with Crippen molar-refractivity contribution in [1.29, 1.82) is 0 Å². The maximum Gasteiger partial charge on any atom is 0.221 e. The third-order valence-electron chi connectivity index (χ3n) is 1.68. The molecule has 15 heavy (non-hydrogen) atoms. The lowest BCUT2D eigenvalue weighted by Crippen LogP contribution is -2.44. The van der Waals surface area contributed by atoms with Gasteiger partial charge in [-0.2, -0.15) is 0 Å². The second kappa shape index (κ2) is 6.36. The molecular weight excluding hydrogens is 206 g/mol. The quantitative estimate of drug-likeness (QED) is 0.287. The van der Waals surface area contributed by atoms with Crippen LogP contribution in [0.3, 0.4) is 0 Å². The van der Waals surface area contributed by atoms with Crippen LogP contribution < -0.4 is 5.32 Å². The minimum Gasteiger partial charge on any atom is -0.514 e. The topological polar surface area (TPSA) is 130 Å². The molecule has 0 aromatic rings. The molecule has 0 rings (SSSR count). The van der Waals surface area contributed by atoms with E-state index in [0.717, 1.165) is 6.92 Å². The van der Waals surface area contributed by atoms with Gasteiger partial charge in [-0.05, 0) is 0 Å². The van der Waals surface area contributed by atoms with Crippen LogP contribution >= 0.6 is 0 Å². The summed E-state index contributed by atoms with van der Waals surface area (Å²) in [7, 11) is 0. The summed E-state index contributed by atoms with van der Waals surface area (Å²) >= 11 is 0. The summed E-state index contributed by atoms with van der Waals surface area (Å²) in [6.45, 7) is 0.391. The predicted molar refractivity (Wildman–Crippen MR) is 49.6 cm³/mol. The lowest BCUT2D eigenvalue weighted by atomic mass is 10.1. The summed E-state index contributed by atoms with van der Waals surface area (Å²) in [5.41, 5.74) is -0.359. The van der Waals surface area contributed by atoms with Crippen LogP contribution in [0.25, 0.3) is 0 Å². The molecule has 0 bridgehead atoms. The Morgan fingerprint density at radius 1 is 1.40 bits per heavy atom. The molecule has 88 valence electrons. The number of aliphatic hydroxyl groups is 5. The van der Waals surface area contributed by atoms with Crippen LogP contribution in [0.4, 0.5) is 0 Å². The van der Waals surface area contributed by atoms with E-state index < -0.39 is 30.8 Å². The number of carbonyl (C=O) groups is 1. The normalized spacial score (nSPS) is 18.1. The molecule has 6 N–H and O–H groups in total. The fourth-order valence-corrected chi connectivity index (χ4v) is 0.888. The lowest BCUT2D eigenvalue weighted by Gasteiger charge is -2.23. The van der Waals surface area contributed by atoms with Crippen molar-refractivity contribution in [2.24, 2.45) is 0 Å². The van der Waals surface area contributed by atoms with E-state index in [1.165, 1.54) is 0 Å². The SMILES string of the molecule is CC(=O)NC(=CO)C(O)[C@H](O)C(O)CO. The first-order valence-electron chi connectivity index (χ1n) is 4.21. The Morgan fingerprint density at radius 3 is 2.27 bits per heavy atom. The molecule has 0 aliphatic rings. The molecule has 0 saturated carbocycles. The van der Waals surface area contributed by atoms with Crippen molar-refractivity contribution in [2.75, 3.05) is 6.61 Å². The molecule has 0 fully saturated rings. The first-order valence-corrected chi connectivity index (χ1v) is 4.21. The molecule has 0 radical (unpaired) electrons. The van der Waals surface area contributed by atoms with Gasteiger partial charge >= 0.3 is 0 Å². The van der Waals surface area contributed by atoms with Crippen molar-refractivity contribution in [3.05, 3.63) is 12.0 Å². The van der Waals surface area contributed by atoms with E-state index in [-0.39, 0.29) is 5.70 Å². The zero-order valence-corrected chi connectivity index (χ0v) is 8.16. The Hall–Kier alpha value is -1.15. The van der Waals surface area contributed by atoms with Gasteiger partial charge in [-0.25, -0.2) is 0 Å². The standard InChI is InChI=1S/C8H15NO6/c1-4(12)9-5(2-10)7(14)8(15)6(13)3-11/h2,6-8,10-11,13-15H,3H2,1H3,(H,9,12)/t6?,7?,8-/m1/s1. The van der Waals surface area contributed by atoms with Gasteiger partial charge in [0.15, 0.2) is 0 Å². The van der Waals surface area contributed by atoms with Crippen LogP contribution in [0.5, 0.6) is 0 Å². The summed E-state index contributed by atoms with van der Waals surface area (Å²) in [6.07, 6.45) is -4.57. The van der Waals surface area contributed by atoms with Gasteiger partial charge in [0.25, 0.3) is 0 Å². The number of aliphatic hydroxyl groups excluding tert-OH is 5. The molecule has 0 aromatic heterocycles. The van der Waals surface area contributed by atoms with Gasteiger partial charge < -0.3 is 30.8 Å². The maximum atomic E-state index is 10.6. The highest BCUT2D eigenvalue weighted by molar-refractivity contribution is 5.75. The van der Waals surface area contributed by atoms with Crippen molar-refractivity contribution < 1.29 is 30.3 Å². The van der Waals surface area contributed by atoms with Crippen molar-refractivity contribution >= 4 is 5.91 Å². The Labute approximate surface area is 86.3 Å². The molecule has 0 spiro atoms. The van der Waals surface area contributed by atoms with E-state index in [0.29, 0.717) is 6.26 Å². The first kappa shape index (κ1) is 13.8. The Morgan fingerprint density at radius 2 is 1.93 bits per heavy atom. The van der Waals surface area contributed by atoms with Crippen LogP contribution in [-0.2, 0) is 4.79 Å². The first-order chi connectivity index (χ1) is 6.93. The summed E-state index contributed by atoms with van der Waals surface area (Å²) in [4.78, 5) is 10.6. The fraction of sp³-hybridized carbons (Fsp3) is 0.625. The third-order valence-corrected chi connectivity index (χ3v) is 1.68. The summed E-state index contributed by atoms with van der Waals surface area (Å²) in [5, 5.41) is 46.8. The van der Waals surface area contributed by atoms with E-state index in [4.69, 9.17) is 15.3 Å². The van der Waals surface area contributed by atoms with Crippen molar-refractivity contribution in [1.82, 2.24) is 5.32 Å². The van der Waals surface area contributed by atoms with Gasteiger partial charge in [0.05, 0.1) is 12.3 Å².